The van der Waals surface area contributed by atoms with Gasteiger partial charge in [0.1, 0.15) is 5.76 Å². The van der Waals surface area contributed by atoms with E-state index in [4.69, 9.17) is 4.74 Å². The van der Waals surface area contributed by atoms with Crippen LogP contribution in [0.1, 0.15) is 23.7 Å². The second kappa shape index (κ2) is 4.30. The zero-order valence-corrected chi connectivity index (χ0v) is 8.77. The number of allylic oxidation sites excluding steroid dienone is 2. The van der Waals surface area contributed by atoms with Crippen molar-refractivity contribution in [2.75, 3.05) is 6.61 Å². The maximum atomic E-state index is 11.8. The van der Waals surface area contributed by atoms with Gasteiger partial charge in [0.15, 0.2) is 5.78 Å². The number of carbonyl (C=O) groups excluding carboxylic acids is 1. The number of ketones is 1. The molecule has 0 N–H and O–H groups in total. The minimum Gasteiger partial charge on any atom is -0.497 e. The Morgan fingerprint density at radius 1 is 1.40 bits per heavy atom. The Morgan fingerprint density at radius 2 is 2.13 bits per heavy atom. The Morgan fingerprint density at radius 3 is 2.73 bits per heavy atom. The maximum Gasteiger partial charge on any atom is 0.189 e. The van der Waals surface area contributed by atoms with E-state index in [1.54, 1.807) is 6.08 Å². The van der Waals surface area contributed by atoms with Gasteiger partial charge in [-0.3, -0.25) is 4.79 Å². The van der Waals surface area contributed by atoms with Crippen LogP contribution in [0.4, 0.5) is 0 Å². The van der Waals surface area contributed by atoms with E-state index in [9.17, 15) is 4.79 Å². The van der Waals surface area contributed by atoms with Crippen LogP contribution in [0.15, 0.2) is 42.2 Å². The Labute approximate surface area is 89.6 Å². The monoisotopic (exact) mass is 202 g/mol. The van der Waals surface area contributed by atoms with Crippen molar-refractivity contribution in [1.29, 1.82) is 0 Å². The number of benzene rings is 1. The fourth-order valence-electron chi connectivity index (χ4n) is 1.64. The number of rotatable bonds is 2. The Hall–Kier alpha value is -1.57. The molecule has 1 aliphatic heterocycles. The first kappa shape index (κ1) is 9.97. The molecule has 0 bridgehead atoms. The molecule has 2 rings (SSSR count). The molecule has 0 aromatic heterocycles. The molecule has 0 aliphatic carbocycles. The molecule has 2 heteroatoms. The minimum atomic E-state index is 0.0275. The summed E-state index contributed by atoms with van der Waals surface area (Å²) >= 11 is 0. The van der Waals surface area contributed by atoms with E-state index < -0.39 is 0 Å². The molecule has 1 aromatic rings. The molecule has 1 fully saturated rings. The van der Waals surface area contributed by atoms with Gasteiger partial charge in [0.25, 0.3) is 0 Å². The van der Waals surface area contributed by atoms with Gasteiger partial charge < -0.3 is 4.74 Å². The maximum absolute atomic E-state index is 11.8. The molecule has 1 heterocycles. The quantitative estimate of drug-likeness (QED) is 0.544. The van der Waals surface area contributed by atoms with Crippen LogP contribution in [0, 0.1) is 5.92 Å². The summed E-state index contributed by atoms with van der Waals surface area (Å²) in [6, 6.07) is 9.27. The molecular weight excluding hydrogens is 188 g/mol. The highest BCUT2D eigenvalue weighted by Gasteiger charge is 2.17. The lowest BCUT2D eigenvalue weighted by molar-refractivity contribution is 0.104. The van der Waals surface area contributed by atoms with Crippen LogP contribution in [-0.4, -0.2) is 12.4 Å². The van der Waals surface area contributed by atoms with E-state index in [1.807, 2.05) is 30.3 Å². The van der Waals surface area contributed by atoms with E-state index in [-0.39, 0.29) is 5.78 Å². The predicted molar refractivity (Wildman–Crippen MR) is 58.6 cm³/mol. The Bertz CT molecular complexity index is 379. The van der Waals surface area contributed by atoms with Crippen LogP contribution >= 0.6 is 0 Å². The zero-order chi connectivity index (χ0) is 10.7. The summed E-state index contributed by atoms with van der Waals surface area (Å²) in [5, 5.41) is 0. The van der Waals surface area contributed by atoms with Crippen molar-refractivity contribution in [1.82, 2.24) is 0 Å². The predicted octanol–water partition coefficient (Wildman–Crippen LogP) is 2.81. The molecule has 1 aliphatic rings. The smallest absolute Gasteiger partial charge is 0.189 e. The van der Waals surface area contributed by atoms with E-state index in [1.165, 1.54) is 0 Å². The lowest BCUT2D eigenvalue weighted by Crippen LogP contribution is -1.95. The standard InChI is InChI=1S/C13H14O2/c1-10-7-12(15-9-10)8-13(14)11-5-3-2-4-6-11/h2-6,8,10H,7,9H2,1H3/b12-8+. The van der Waals surface area contributed by atoms with Gasteiger partial charge in [-0.15, -0.1) is 0 Å². The van der Waals surface area contributed by atoms with Gasteiger partial charge >= 0.3 is 0 Å². The third-order valence-electron chi connectivity index (χ3n) is 2.45. The first-order valence-electron chi connectivity index (χ1n) is 5.18. The number of carbonyl (C=O) groups is 1. The fourth-order valence-corrected chi connectivity index (χ4v) is 1.64. The van der Waals surface area contributed by atoms with Gasteiger partial charge in [0.2, 0.25) is 0 Å². The molecule has 0 radical (unpaired) electrons. The molecule has 1 aromatic carbocycles. The van der Waals surface area contributed by atoms with Gasteiger partial charge in [0.05, 0.1) is 6.61 Å². The van der Waals surface area contributed by atoms with Crippen molar-refractivity contribution in [2.24, 2.45) is 5.92 Å². The van der Waals surface area contributed by atoms with Gasteiger partial charge in [-0.2, -0.15) is 0 Å². The van der Waals surface area contributed by atoms with Crippen LogP contribution in [0.2, 0.25) is 0 Å². The van der Waals surface area contributed by atoms with Crippen molar-refractivity contribution in [2.45, 2.75) is 13.3 Å². The summed E-state index contributed by atoms with van der Waals surface area (Å²) in [6.07, 6.45) is 2.48. The largest absolute Gasteiger partial charge is 0.497 e. The summed E-state index contributed by atoms with van der Waals surface area (Å²) in [7, 11) is 0. The molecule has 78 valence electrons. The Balaban J connectivity index is 2.10. The molecule has 1 atom stereocenters. The zero-order valence-electron chi connectivity index (χ0n) is 8.77. The molecule has 0 spiro atoms. The highest BCUT2D eigenvalue weighted by Crippen LogP contribution is 2.22. The third-order valence-corrected chi connectivity index (χ3v) is 2.45. The van der Waals surface area contributed by atoms with Crippen LogP contribution < -0.4 is 0 Å². The molecule has 0 amide bonds. The molecule has 15 heavy (non-hydrogen) atoms. The second-order valence-corrected chi connectivity index (χ2v) is 3.96. The number of hydrogen-bond acceptors (Lipinski definition) is 2. The van der Waals surface area contributed by atoms with Crippen LogP contribution in [0.5, 0.6) is 0 Å². The van der Waals surface area contributed by atoms with E-state index in [2.05, 4.69) is 6.92 Å². The fraction of sp³-hybridized carbons (Fsp3) is 0.308. The number of ether oxygens (including phenoxy) is 1. The summed E-state index contributed by atoms with van der Waals surface area (Å²) < 4.78 is 5.40. The van der Waals surface area contributed by atoms with Gasteiger partial charge in [-0.05, 0) is 5.92 Å². The molecule has 0 saturated carbocycles. The second-order valence-electron chi connectivity index (χ2n) is 3.96. The van der Waals surface area contributed by atoms with Crippen molar-refractivity contribution >= 4 is 5.78 Å². The van der Waals surface area contributed by atoms with Crippen LogP contribution in [0.3, 0.4) is 0 Å². The van der Waals surface area contributed by atoms with Gasteiger partial charge in [-0.1, -0.05) is 37.3 Å². The van der Waals surface area contributed by atoms with E-state index >= 15 is 0 Å². The molecule has 2 nitrogen and oxygen atoms in total. The van der Waals surface area contributed by atoms with E-state index in [0.717, 1.165) is 18.8 Å². The van der Waals surface area contributed by atoms with E-state index in [0.29, 0.717) is 11.5 Å². The highest BCUT2D eigenvalue weighted by atomic mass is 16.5. The first-order chi connectivity index (χ1) is 7.25. The van der Waals surface area contributed by atoms with Gasteiger partial charge in [0, 0.05) is 18.1 Å². The van der Waals surface area contributed by atoms with Crippen molar-refractivity contribution in [3.8, 4) is 0 Å². The van der Waals surface area contributed by atoms with Crippen LogP contribution in [-0.2, 0) is 4.74 Å². The lowest BCUT2D eigenvalue weighted by Gasteiger charge is -1.97. The molecular formula is C13H14O2. The average molecular weight is 202 g/mol. The molecule has 1 unspecified atom stereocenters. The number of hydrogen-bond donors (Lipinski definition) is 0. The van der Waals surface area contributed by atoms with Crippen LogP contribution in [0.25, 0.3) is 0 Å². The van der Waals surface area contributed by atoms with Crippen molar-refractivity contribution in [3.05, 3.63) is 47.7 Å². The minimum absolute atomic E-state index is 0.0275. The Kier molecular flexibility index (Phi) is 2.86. The lowest BCUT2D eigenvalue weighted by atomic mass is 10.1. The average Bonchev–Trinajstić information content (AvgIpc) is 2.65. The normalized spacial score (nSPS) is 22.7. The third kappa shape index (κ3) is 2.46. The topological polar surface area (TPSA) is 26.3 Å². The van der Waals surface area contributed by atoms with Crippen molar-refractivity contribution < 1.29 is 9.53 Å². The summed E-state index contributed by atoms with van der Waals surface area (Å²) in [5.41, 5.74) is 0.716. The van der Waals surface area contributed by atoms with Gasteiger partial charge in [-0.25, -0.2) is 0 Å². The summed E-state index contributed by atoms with van der Waals surface area (Å²) in [4.78, 5) is 11.8. The first-order valence-corrected chi connectivity index (χ1v) is 5.18. The molecule has 1 saturated heterocycles. The summed E-state index contributed by atoms with van der Waals surface area (Å²) in [6.45, 7) is 2.85. The van der Waals surface area contributed by atoms with Crippen molar-refractivity contribution in [3.63, 3.8) is 0 Å². The summed E-state index contributed by atoms with van der Waals surface area (Å²) in [5.74, 6) is 1.37. The highest BCUT2D eigenvalue weighted by molar-refractivity contribution is 6.04. The SMILES string of the molecule is CC1CO/C(=C/C(=O)c2ccccc2)C1.